The predicted molar refractivity (Wildman–Crippen MR) is 103 cm³/mol. The molecule has 1 aliphatic rings. The van der Waals surface area contributed by atoms with Crippen molar-refractivity contribution in [1.29, 1.82) is 0 Å². The minimum atomic E-state index is -0.0251. The molecule has 0 spiro atoms. The van der Waals surface area contributed by atoms with Crippen LogP contribution in [-0.2, 0) is 5.41 Å². The minimum Gasteiger partial charge on any atom is -0.497 e. The molecule has 25 heavy (non-hydrogen) atoms. The average molecular weight is 330 g/mol. The molecule has 0 saturated carbocycles. The largest absolute Gasteiger partial charge is 0.497 e. The normalized spacial score (nSPS) is 13.9. The van der Waals surface area contributed by atoms with Crippen molar-refractivity contribution in [3.8, 4) is 16.9 Å². The van der Waals surface area contributed by atoms with Crippen LogP contribution in [0.5, 0.6) is 5.75 Å². The van der Waals surface area contributed by atoms with Gasteiger partial charge in [-0.15, -0.1) is 0 Å². The van der Waals surface area contributed by atoms with Gasteiger partial charge in [0.1, 0.15) is 5.75 Å². The summed E-state index contributed by atoms with van der Waals surface area (Å²) in [5, 5.41) is 1.72. The Bertz CT molecular complexity index is 929. The first kappa shape index (κ1) is 15.7. The summed E-state index contributed by atoms with van der Waals surface area (Å²) in [6.07, 6.45) is 0. The molecule has 0 aromatic heterocycles. The van der Waals surface area contributed by atoms with Crippen LogP contribution in [0.3, 0.4) is 0 Å². The summed E-state index contributed by atoms with van der Waals surface area (Å²) in [7, 11) is 1.66. The Hall–Kier alpha value is -2.78. The van der Waals surface area contributed by atoms with E-state index < -0.39 is 0 Å². The SMILES string of the molecule is COc1ccc(N(N)c2ccc3c(c2)C(C)(C)c2ccccc2-3)cc1. The number of nitrogens with zero attached hydrogens (tertiary/aromatic N) is 1. The molecule has 0 heterocycles. The summed E-state index contributed by atoms with van der Waals surface area (Å²) < 4.78 is 5.22. The van der Waals surface area contributed by atoms with E-state index in [4.69, 9.17) is 10.6 Å². The summed E-state index contributed by atoms with van der Waals surface area (Å²) in [5.74, 6) is 7.21. The lowest BCUT2D eigenvalue weighted by atomic mass is 9.82. The van der Waals surface area contributed by atoms with E-state index in [-0.39, 0.29) is 5.41 Å². The van der Waals surface area contributed by atoms with Crippen molar-refractivity contribution in [1.82, 2.24) is 0 Å². The van der Waals surface area contributed by atoms with Gasteiger partial charge >= 0.3 is 0 Å². The van der Waals surface area contributed by atoms with Gasteiger partial charge in [-0.25, -0.2) is 5.84 Å². The van der Waals surface area contributed by atoms with Crippen LogP contribution in [0.2, 0.25) is 0 Å². The van der Waals surface area contributed by atoms with Crippen molar-refractivity contribution < 1.29 is 4.74 Å². The summed E-state index contributed by atoms with van der Waals surface area (Å²) in [6, 6.07) is 22.9. The molecular formula is C22H22N2O. The molecule has 3 aromatic rings. The number of ether oxygens (including phenoxy) is 1. The van der Waals surface area contributed by atoms with Crippen molar-refractivity contribution in [3.05, 3.63) is 77.9 Å². The summed E-state index contributed by atoms with van der Waals surface area (Å²) >= 11 is 0. The smallest absolute Gasteiger partial charge is 0.119 e. The van der Waals surface area contributed by atoms with E-state index >= 15 is 0 Å². The van der Waals surface area contributed by atoms with E-state index in [1.54, 1.807) is 12.1 Å². The number of methoxy groups -OCH3 is 1. The van der Waals surface area contributed by atoms with Crippen LogP contribution in [0, 0.1) is 0 Å². The first-order chi connectivity index (χ1) is 12.0. The number of hydrazine groups is 1. The van der Waals surface area contributed by atoms with Gasteiger partial charge in [0.25, 0.3) is 0 Å². The Morgan fingerprint density at radius 1 is 0.800 bits per heavy atom. The highest BCUT2D eigenvalue weighted by atomic mass is 16.5. The highest BCUT2D eigenvalue weighted by Crippen LogP contribution is 2.49. The van der Waals surface area contributed by atoms with Gasteiger partial charge < -0.3 is 4.74 Å². The van der Waals surface area contributed by atoms with Crippen LogP contribution in [-0.4, -0.2) is 7.11 Å². The second-order valence-corrected chi connectivity index (χ2v) is 6.97. The van der Waals surface area contributed by atoms with E-state index in [2.05, 4.69) is 56.3 Å². The third-order valence-electron chi connectivity index (χ3n) is 5.20. The van der Waals surface area contributed by atoms with Gasteiger partial charge in [-0.1, -0.05) is 44.2 Å². The molecule has 1 aliphatic carbocycles. The molecule has 3 aromatic carbocycles. The van der Waals surface area contributed by atoms with E-state index in [9.17, 15) is 0 Å². The van der Waals surface area contributed by atoms with Gasteiger partial charge in [0.15, 0.2) is 0 Å². The fraction of sp³-hybridized carbons (Fsp3) is 0.182. The molecule has 0 aliphatic heterocycles. The summed E-state index contributed by atoms with van der Waals surface area (Å²) in [4.78, 5) is 0. The molecule has 0 saturated heterocycles. The van der Waals surface area contributed by atoms with E-state index in [0.29, 0.717) is 0 Å². The Morgan fingerprint density at radius 2 is 1.44 bits per heavy atom. The van der Waals surface area contributed by atoms with E-state index in [1.165, 1.54) is 22.3 Å². The maximum absolute atomic E-state index is 6.39. The molecule has 2 N–H and O–H groups in total. The van der Waals surface area contributed by atoms with E-state index in [1.807, 2.05) is 24.3 Å². The predicted octanol–water partition coefficient (Wildman–Crippen LogP) is 5.01. The zero-order valence-electron chi connectivity index (χ0n) is 14.8. The maximum Gasteiger partial charge on any atom is 0.119 e. The number of fused-ring (bicyclic) bond motifs is 3. The van der Waals surface area contributed by atoms with Crippen LogP contribution < -0.4 is 15.6 Å². The first-order valence-electron chi connectivity index (χ1n) is 8.45. The number of benzene rings is 3. The number of nitrogens with two attached hydrogens (primary N) is 1. The third-order valence-corrected chi connectivity index (χ3v) is 5.20. The van der Waals surface area contributed by atoms with Gasteiger partial charge in [0.2, 0.25) is 0 Å². The van der Waals surface area contributed by atoms with Crippen molar-refractivity contribution in [2.75, 3.05) is 12.1 Å². The fourth-order valence-corrected chi connectivity index (χ4v) is 3.73. The van der Waals surface area contributed by atoms with Gasteiger partial charge in [-0.3, -0.25) is 5.01 Å². The van der Waals surface area contributed by atoms with Crippen LogP contribution in [0.4, 0.5) is 11.4 Å². The zero-order chi connectivity index (χ0) is 17.6. The number of anilines is 2. The molecular weight excluding hydrogens is 308 g/mol. The quantitative estimate of drug-likeness (QED) is 0.542. The van der Waals surface area contributed by atoms with Crippen molar-refractivity contribution in [3.63, 3.8) is 0 Å². The number of hydrogen-bond donors (Lipinski definition) is 1. The van der Waals surface area contributed by atoms with Crippen LogP contribution in [0.15, 0.2) is 66.7 Å². The summed E-state index contributed by atoms with van der Waals surface area (Å²) in [6.45, 7) is 4.55. The van der Waals surface area contributed by atoms with E-state index in [0.717, 1.165) is 17.1 Å². The Labute approximate surface area is 148 Å². The summed E-state index contributed by atoms with van der Waals surface area (Å²) in [5.41, 5.74) is 7.18. The Balaban J connectivity index is 1.76. The Kier molecular flexibility index (Phi) is 3.55. The lowest BCUT2D eigenvalue weighted by Crippen LogP contribution is -2.25. The fourth-order valence-electron chi connectivity index (χ4n) is 3.73. The number of rotatable bonds is 3. The topological polar surface area (TPSA) is 38.5 Å². The second-order valence-electron chi connectivity index (χ2n) is 6.97. The average Bonchev–Trinajstić information content (AvgIpc) is 2.89. The molecule has 0 unspecified atom stereocenters. The van der Waals surface area contributed by atoms with Gasteiger partial charge in [0.05, 0.1) is 18.5 Å². The Morgan fingerprint density at radius 3 is 2.16 bits per heavy atom. The first-order valence-corrected chi connectivity index (χ1v) is 8.45. The van der Waals surface area contributed by atoms with Crippen molar-refractivity contribution in [2.24, 2.45) is 5.84 Å². The van der Waals surface area contributed by atoms with Crippen molar-refractivity contribution >= 4 is 11.4 Å². The van der Waals surface area contributed by atoms with Crippen LogP contribution in [0.25, 0.3) is 11.1 Å². The molecule has 0 fully saturated rings. The lowest BCUT2D eigenvalue weighted by Gasteiger charge is -2.24. The molecule has 0 radical (unpaired) electrons. The van der Waals surface area contributed by atoms with Crippen LogP contribution >= 0.6 is 0 Å². The molecule has 126 valence electrons. The molecule has 3 nitrogen and oxygen atoms in total. The number of hydrogen-bond acceptors (Lipinski definition) is 3. The lowest BCUT2D eigenvalue weighted by molar-refractivity contribution is 0.415. The van der Waals surface area contributed by atoms with Crippen LogP contribution in [0.1, 0.15) is 25.0 Å². The highest BCUT2D eigenvalue weighted by molar-refractivity contribution is 5.83. The molecule has 4 rings (SSSR count). The standard InChI is InChI=1S/C22H22N2O/c1-22(2)20-7-5-4-6-18(20)19-13-10-16(14-21(19)22)24(23)15-8-11-17(25-3)12-9-15/h4-14H,23H2,1-3H3. The zero-order valence-corrected chi connectivity index (χ0v) is 14.8. The minimum absolute atomic E-state index is 0.0251. The maximum atomic E-state index is 6.39. The van der Waals surface area contributed by atoms with Gasteiger partial charge in [-0.2, -0.15) is 0 Å². The molecule has 0 amide bonds. The second kappa shape index (κ2) is 5.64. The third kappa shape index (κ3) is 2.39. The van der Waals surface area contributed by atoms with Gasteiger partial charge in [0, 0.05) is 5.41 Å². The molecule has 0 bridgehead atoms. The monoisotopic (exact) mass is 330 g/mol. The molecule has 0 atom stereocenters. The van der Waals surface area contributed by atoms with Crippen molar-refractivity contribution in [2.45, 2.75) is 19.3 Å². The highest BCUT2D eigenvalue weighted by Gasteiger charge is 2.35. The van der Waals surface area contributed by atoms with Gasteiger partial charge in [-0.05, 0) is 58.7 Å². The molecule has 3 heteroatoms.